The van der Waals surface area contributed by atoms with Gasteiger partial charge in [-0.25, -0.2) is 10.2 Å². The predicted octanol–water partition coefficient (Wildman–Crippen LogP) is 2.70. The number of non-ortho nitro benzene ring substituents is 1. The fourth-order valence-corrected chi connectivity index (χ4v) is 2.58. The number of benzene rings is 1. The normalized spacial score (nSPS) is 11.4. The molecule has 2 aromatic rings. The quantitative estimate of drug-likeness (QED) is 0.654. The molecule has 1 heterocycles. The summed E-state index contributed by atoms with van der Waals surface area (Å²) in [5.74, 6) is -0.408. The van der Waals surface area contributed by atoms with Crippen molar-refractivity contribution in [2.45, 2.75) is 13.0 Å². The number of urea groups is 1. The largest absolute Gasteiger partial charge is 0.336 e. The molecule has 1 atom stereocenters. The lowest BCUT2D eigenvalue weighted by molar-refractivity contribution is -0.384. The molecular weight excluding hydrogens is 332 g/mol. The summed E-state index contributed by atoms with van der Waals surface area (Å²) in [5.41, 5.74) is 5.22. The Hall–Kier alpha value is -2.94. The number of hydrazine groups is 1. The van der Waals surface area contributed by atoms with Gasteiger partial charge in [0.05, 0.1) is 15.8 Å². The van der Waals surface area contributed by atoms with Gasteiger partial charge in [-0.15, -0.1) is 11.3 Å². The fourth-order valence-electron chi connectivity index (χ4n) is 1.97. The van der Waals surface area contributed by atoms with Gasteiger partial charge in [-0.3, -0.25) is 20.3 Å². The molecule has 0 spiro atoms. The second-order valence-electron chi connectivity index (χ2n) is 5.00. The van der Waals surface area contributed by atoms with Gasteiger partial charge in [-0.05, 0) is 23.9 Å². The third-order valence-corrected chi connectivity index (χ3v) is 4.36. The Morgan fingerprint density at radius 2 is 2.00 bits per heavy atom. The van der Waals surface area contributed by atoms with Gasteiger partial charge in [-0.1, -0.05) is 18.2 Å². The van der Waals surface area contributed by atoms with Crippen molar-refractivity contribution in [2.75, 3.05) is 7.05 Å². The fraction of sp³-hybridized carbons (Fsp3) is 0.200. The van der Waals surface area contributed by atoms with Crippen LogP contribution < -0.4 is 10.9 Å². The third kappa shape index (κ3) is 4.07. The standard InChI is InChI=1S/C15H16N4O4S/c1-10(11-5-3-6-12(9-11)19(22)23)18(2)15(21)17-16-14(20)13-7-4-8-24-13/h3-10H,1-2H3,(H,16,20)(H,17,21)/t10-/m0/s1. The Labute approximate surface area is 142 Å². The Balaban J connectivity index is 1.98. The molecular formula is C15H16N4O4S. The number of amides is 3. The lowest BCUT2D eigenvalue weighted by atomic mass is 10.1. The highest BCUT2D eigenvalue weighted by Crippen LogP contribution is 2.22. The second-order valence-corrected chi connectivity index (χ2v) is 5.95. The van der Waals surface area contributed by atoms with Gasteiger partial charge in [0.1, 0.15) is 0 Å². The number of nitrogens with one attached hydrogen (secondary N) is 2. The van der Waals surface area contributed by atoms with Gasteiger partial charge < -0.3 is 4.90 Å². The van der Waals surface area contributed by atoms with Gasteiger partial charge in [0.2, 0.25) is 0 Å². The highest BCUT2D eigenvalue weighted by atomic mass is 32.1. The molecule has 2 N–H and O–H groups in total. The summed E-state index contributed by atoms with van der Waals surface area (Å²) in [6, 6.07) is 8.50. The number of nitrogens with zero attached hydrogens (tertiary/aromatic N) is 2. The van der Waals surface area contributed by atoms with Crippen molar-refractivity contribution in [3.05, 3.63) is 62.3 Å². The van der Waals surface area contributed by atoms with Crippen LogP contribution in [0, 0.1) is 10.1 Å². The van der Waals surface area contributed by atoms with E-state index in [2.05, 4.69) is 10.9 Å². The van der Waals surface area contributed by atoms with Crippen LogP contribution >= 0.6 is 11.3 Å². The van der Waals surface area contributed by atoms with Crippen LogP contribution in [0.1, 0.15) is 28.2 Å². The number of carbonyl (C=O) groups excluding carboxylic acids is 2. The molecule has 0 unspecified atom stereocenters. The van der Waals surface area contributed by atoms with E-state index in [1.807, 2.05) is 0 Å². The average molecular weight is 348 g/mol. The average Bonchev–Trinajstić information content (AvgIpc) is 3.12. The molecule has 1 aromatic carbocycles. The van der Waals surface area contributed by atoms with Crippen LogP contribution in [-0.2, 0) is 0 Å². The zero-order valence-corrected chi connectivity index (χ0v) is 13.9. The zero-order valence-electron chi connectivity index (χ0n) is 13.1. The van der Waals surface area contributed by atoms with Gasteiger partial charge in [0.25, 0.3) is 11.6 Å². The van der Waals surface area contributed by atoms with Crippen LogP contribution in [0.2, 0.25) is 0 Å². The van der Waals surface area contributed by atoms with E-state index in [4.69, 9.17) is 0 Å². The first kappa shape index (κ1) is 17.4. The first-order valence-corrected chi connectivity index (χ1v) is 7.89. The number of carbonyl (C=O) groups is 2. The number of hydrogen-bond acceptors (Lipinski definition) is 5. The van der Waals surface area contributed by atoms with Gasteiger partial charge in [0.15, 0.2) is 0 Å². The minimum atomic E-state index is -0.529. The molecule has 0 aliphatic carbocycles. The molecule has 24 heavy (non-hydrogen) atoms. The monoisotopic (exact) mass is 348 g/mol. The van der Waals surface area contributed by atoms with E-state index in [0.29, 0.717) is 10.4 Å². The van der Waals surface area contributed by atoms with Crippen molar-refractivity contribution in [2.24, 2.45) is 0 Å². The molecule has 0 fully saturated rings. The van der Waals surface area contributed by atoms with E-state index in [9.17, 15) is 19.7 Å². The summed E-state index contributed by atoms with van der Waals surface area (Å²) in [6.45, 7) is 1.74. The summed E-state index contributed by atoms with van der Waals surface area (Å²) in [7, 11) is 1.54. The van der Waals surface area contributed by atoms with Crippen LogP contribution in [0.4, 0.5) is 10.5 Å². The highest BCUT2D eigenvalue weighted by Gasteiger charge is 2.20. The molecule has 1 aromatic heterocycles. The van der Waals surface area contributed by atoms with Crippen molar-refractivity contribution in [1.82, 2.24) is 15.8 Å². The lowest BCUT2D eigenvalue weighted by Gasteiger charge is -2.25. The maximum atomic E-state index is 12.1. The molecule has 2 rings (SSSR count). The van der Waals surface area contributed by atoms with E-state index in [-0.39, 0.29) is 5.69 Å². The smallest absolute Gasteiger partial charge is 0.320 e. The summed E-state index contributed by atoms with van der Waals surface area (Å²) in [4.78, 5) is 36.1. The Morgan fingerprint density at radius 3 is 2.62 bits per heavy atom. The number of thiophene rings is 1. The van der Waals surface area contributed by atoms with Gasteiger partial charge in [0, 0.05) is 19.2 Å². The van der Waals surface area contributed by atoms with E-state index in [1.165, 1.54) is 35.4 Å². The van der Waals surface area contributed by atoms with E-state index >= 15 is 0 Å². The van der Waals surface area contributed by atoms with Crippen molar-refractivity contribution >= 4 is 29.0 Å². The second kappa shape index (κ2) is 7.55. The van der Waals surface area contributed by atoms with E-state index < -0.39 is 22.9 Å². The minimum Gasteiger partial charge on any atom is -0.320 e. The first-order valence-electron chi connectivity index (χ1n) is 7.01. The first-order chi connectivity index (χ1) is 11.4. The summed E-state index contributed by atoms with van der Waals surface area (Å²) < 4.78 is 0. The molecule has 0 aliphatic heterocycles. The van der Waals surface area contributed by atoms with Crippen LogP contribution in [0.3, 0.4) is 0 Å². The SMILES string of the molecule is C[C@@H](c1cccc([N+](=O)[O-])c1)N(C)C(=O)NNC(=O)c1cccs1. The van der Waals surface area contributed by atoms with Crippen LogP contribution in [0.25, 0.3) is 0 Å². The zero-order chi connectivity index (χ0) is 17.7. The number of rotatable bonds is 4. The third-order valence-electron chi connectivity index (χ3n) is 3.49. The number of nitro benzene ring substituents is 1. The predicted molar refractivity (Wildman–Crippen MR) is 89.6 cm³/mol. The lowest BCUT2D eigenvalue weighted by Crippen LogP contribution is -2.48. The number of hydrogen-bond donors (Lipinski definition) is 2. The van der Waals surface area contributed by atoms with Crippen LogP contribution in [0.15, 0.2) is 41.8 Å². The molecule has 0 saturated heterocycles. The van der Waals surface area contributed by atoms with Gasteiger partial charge >= 0.3 is 6.03 Å². The molecule has 3 amide bonds. The maximum Gasteiger partial charge on any atom is 0.336 e. The molecule has 0 radical (unpaired) electrons. The minimum absolute atomic E-state index is 0.0424. The van der Waals surface area contributed by atoms with Crippen molar-refractivity contribution < 1.29 is 14.5 Å². The van der Waals surface area contributed by atoms with Crippen LogP contribution in [-0.4, -0.2) is 28.8 Å². The summed E-state index contributed by atoms with van der Waals surface area (Å²) >= 11 is 1.26. The van der Waals surface area contributed by atoms with Crippen molar-refractivity contribution in [3.63, 3.8) is 0 Å². The molecule has 8 nitrogen and oxygen atoms in total. The maximum absolute atomic E-state index is 12.1. The molecule has 0 bridgehead atoms. The Kier molecular flexibility index (Phi) is 5.48. The van der Waals surface area contributed by atoms with Crippen molar-refractivity contribution in [1.29, 1.82) is 0 Å². The Bertz CT molecular complexity index is 748. The van der Waals surface area contributed by atoms with E-state index in [0.717, 1.165) is 0 Å². The van der Waals surface area contributed by atoms with Crippen LogP contribution in [0.5, 0.6) is 0 Å². The molecule has 9 heteroatoms. The van der Waals surface area contributed by atoms with E-state index in [1.54, 1.807) is 36.6 Å². The van der Waals surface area contributed by atoms with Gasteiger partial charge in [-0.2, -0.15) is 0 Å². The highest BCUT2D eigenvalue weighted by molar-refractivity contribution is 7.12. The topological polar surface area (TPSA) is 105 Å². The van der Waals surface area contributed by atoms with Crippen molar-refractivity contribution in [3.8, 4) is 0 Å². The molecule has 0 aliphatic rings. The summed E-state index contributed by atoms with van der Waals surface area (Å²) in [5, 5.41) is 12.6. The Morgan fingerprint density at radius 1 is 1.25 bits per heavy atom. The summed E-state index contributed by atoms with van der Waals surface area (Å²) in [6.07, 6.45) is 0. The number of nitro groups is 1. The molecule has 126 valence electrons. The molecule has 0 saturated carbocycles.